The van der Waals surface area contributed by atoms with Crippen LogP contribution in [0.5, 0.6) is 5.75 Å². The topological polar surface area (TPSA) is 107 Å². The van der Waals surface area contributed by atoms with Gasteiger partial charge in [-0.2, -0.15) is 27.1 Å². The number of nitrogens with zero attached hydrogens (tertiary/aromatic N) is 6. The standard InChI is InChI=1S/C23H23F6N7O3/c1-11-17(20-31-7-14(24)8-32-20)18(34-35(11)3)21(37)36-10-22(25,26)39-12(2)15(36)9-33-19-16(38-4)5-13(6-30-19)23(27,28)29/h5-8,12,15H,9-10H2,1-4H3,(H,30,33)/t12-,15+/m0/s1. The molecule has 1 aliphatic heterocycles. The summed E-state index contributed by atoms with van der Waals surface area (Å²) in [5.41, 5.74) is -0.743. The number of carbonyl (C=O) groups excluding carboxylic acids is 1. The van der Waals surface area contributed by atoms with Crippen LogP contribution >= 0.6 is 0 Å². The van der Waals surface area contributed by atoms with E-state index in [9.17, 15) is 31.1 Å². The zero-order valence-corrected chi connectivity index (χ0v) is 21.1. The number of rotatable bonds is 6. The number of alkyl halides is 5. The zero-order chi connectivity index (χ0) is 28.7. The van der Waals surface area contributed by atoms with E-state index in [-0.39, 0.29) is 35.2 Å². The minimum atomic E-state index is -4.66. The quantitative estimate of drug-likeness (QED) is 0.456. The highest BCUT2D eigenvalue weighted by molar-refractivity contribution is 5.99. The lowest BCUT2D eigenvalue weighted by Gasteiger charge is -2.43. The lowest BCUT2D eigenvalue weighted by atomic mass is 10.1. The van der Waals surface area contributed by atoms with Gasteiger partial charge in [0.1, 0.15) is 6.54 Å². The van der Waals surface area contributed by atoms with Crippen molar-refractivity contribution in [3.8, 4) is 17.1 Å². The Balaban J connectivity index is 1.67. The van der Waals surface area contributed by atoms with E-state index < -0.39 is 48.3 Å². The van der Waals surface area contributed by atoms with Crippen molar-refractivity contribution in [1.82, 2.24) is 29.6 Å². The Morgan fingerprint density at radius 3 is 2.51 bits per heavy atom. The van der Waals surface area contributed by atoms with E-state index in [1.165, 1.54) is 18.7 Å². The van der Waals surface area contributed by atoms with Gasteiger partial charge in [-0.05, 0) is 19.9 Å². The Hall–Kier alpha value is -3.95. The van der Waals surface area contributed by atoms with Crippen LogP contribution < -0.4 is 10.1 Å². The number of ether oxygens (including phenoxy) is 2. The van der Waals surface area contributed by atoms with E-state index in [1.807, 2.05) is 0 Å². The molecule has 39 heavy (non-hydrogen) atoms. The maximum absolute atomic E-state index is 14.5. The van der Waals surface area contributed by atoms with Gasteiger partial charge < -0.3 is 19.7 Å². The molecule has 1 amide bonds. The Labute approximate surface area is 218 Å². The summed E-state index contributed by atoms with van der Waals surface area (Å²) in [5, 5.41) is 6.94. The lowest BCUT2D eigenvalue weighted by Crippen LogP contribution is -2.61. The molecule has 3 aromatic heterocycles. The summed E-state index contributed by atoms with van der Waals surface area (Å²) in [6.07, 6.45) is -7.20. The largest absolute Gasteiger partial charge is 0.493 e. The second-order valence-corrected chi connectivity index (χ2v) is 8.77. The summed E-state index contributed by atoms with van der Waals surface area (Å²) in [4.78, 5) is 26.1. The van der Waals surface area contributed by atoms with Crippen LogP contribution in [-0.4, -0.2) is 74.0 Å². The first-order valence-electron chi connectivity index (χ1n) is 11.4. The normalized spacial score (nSPS) is 19.2. The molecule has 1 aliphatic rings. The predicted molar refractivity (Wildman–Crippen MR) is 124 cm³/mol. The Morgan fingerprint density at radius 1 is 1.23 bits per heavy atom. The molecular weight excluding hydrogens is 536 g/mol. The van der Waals surface area contributed by atoms with Gasteiger partial charge in [-0.1, -0.05) is 0 Å². The maximum atomic E-state index is 14.5. The molecule has 0 spiro atoms. The summed E-state index contributed by atoms with van der Waals surface area (Å²) in [6, 6.07) is -0.311. The van der Waals surface area contributed by atoms with Crippen LogP contribution in [0, 0.1) is 12.7 Å². The highest BCUT2D eigenvalue weighted by Crippen LogP contribution is 2.35. The minimum absolute atomic E-state index is 0.0354. The van der Waals surface area contributed by atoms with E-state index in [4.69, 9.17) is 9.47 Å². The molecule has 0 aliphatic carbocycles. The Morgan fingerprint density at radius 2 is 1.90 bits per heavy atom. The van der Waals surface area contributed by atoms with Crippen LogP contribution in [0.25, 0.3) is 11.4 Å². The van der Waals surface area contributed by atoms with Gasteiger partial charge >= 0.3 is 12.3 Å². The molecule has 4 heterocycles. The van der Waals surface area contributed by atoms with Gasteiger partial charge in [0.2, 0.25) is 0 Å². The van der Waals surface area contributed by atoms with Crippen molar-refractivity contribution >= 4 is 11.7 Å². The smallest absolute Gasteiger partial charge is 0.418 e. The number of aryl methyl sites for hydroxylation is 1. The van der Waals surface area contributed by atoms with Gasteiger partial charge in [-0.15, -0.1) is 0 Å². The molecule has 10 nitrogen and oxygen atoms in total. The van der Waals surface area contributed by atoms with Gasteiger partial charge in [-0.25, -0.2) is 19.3 Å². The van der Waals surface area contributed by atoms with Gasteiger partial charge in [0.05, 0.1) is 42.8 Å². The molecule has 1 fully saturated rings. The number of anilines is 1. The number of pyridine rings is 1. The number of nitrogens with one attached hydrogen (secondary N) is 1. The minimum Gasteiger partial charge on any atom is -0.493 e. The van der Waals surface area contributed by atoms with Gasteiger partial charge in [0, 0.05) is 25.5 Å². The van der Waals surface area contributed by atoms with E-state index in [0.29, 0.717) is 11.9 Å². The molecule has 2 atom stereocenters. The molecule has 3 aromatic rings. The third kappa shape index (κ3) is 5.74. The van der Waals surface area contributed by atoms with E-state index in [1.54, 1.807) is 6.92 Å². The number of carbonyl (C=O) groups is 1. The number of halogens is 6. The first-order chi connectivity index (χ1) is 18.2. The summed E-state index contributed by atoms with van der Waals surface area (Å²) in [5.74, 6) is -2.00. The number of amides is 1. The number of aromatic nitrogens is 5. The van der Waals surface area contributed by atoms with Crippen molar-refractivity contribution in [2.24, 2.45) is 7.05 Å². The molecule has 0 bridgehead atoms. The van der Waals surface area contributed by atoms with Crippen LogP contribution in [0.3, 0.4) is 0 Å². The number of morpholine rings is 1. The Bertz CT molecular complexity index is 1360. The lowest BCUT2D eigenvalue weighted by molar-refractivity contribution is -0.298. The van der Waals surface area contributed by atoms with Gasteiger partial charge in [0.15, 0.2) is 28.9 Å². The SMILES string of the molecule is COc1cc(C(F)(F)F)cnc1NC[C@@H]1[C@H](C)OC(F)(F)CN1C(=O)c1nn(C)c(C)c1-c1ncc(F)cn1. The van der Waals surface area contributed by atoms with Crippen molar-refractivity contribution in [1.29, 1.82) is 0 Å². The van der Waals surface area contributed by atoms with Gasteiger partial charge in [0.25, 0.3) is 5.91 Å². The highest BCUT2D eigenvalue weighted by Gasteiger charge is 2.48. The molecule has 1 saturated heterocycles. The van der Waals surface area contributed by atoms with Crippen LogP contribution in [-0.2, 0) is 18.0 Å². The fourth-order valence-corrected chi connectivity index (χ4v) is 4.15. The maximum Gasteiger partial charge on any atom is 0.418 e. The summed E-state index contributed by atoms with van der Waals surface area (Å²) in [7, 11) is 2.67. The fraction of sp³-hybridized carbons (Fsp3) is 0.435. The number of methoxy groups -OCH3 is 1. The summed E-state index contributed by atoms with van der Waals surface area (Å²) < 4.78 is 92.7. The van der Waals surface area contributed by atoms with Crippen LogP contribution in [0.2, 0.25) is 0 Å². The average Bonchev–Trinajstić information content (AvgIpc) is 3.16. The molecule has 0 aromatic carbocycles. The monoisotopic (exact) mass is 559 g/mol. The average molecular weight is 559 g/mol. The van der Waals surface area contributed by atoms with E-state index >= 15 is 0 Å². The van der Waals surface area contributed by atoms with Crippen LogP contribution in [0.15, 0.2) is 24.7 Å². The van der Waals surface area contributed by atoms with Crippen molar-refractivity contribution in [3.05, 3.63) is 47.4 Å². The first kappa shape index (κ1) is 28.1. The van der Waals surface area contributed by atoms with Gasteiger partial charge in [-0.3, -0.25) is 9.48 Å². The third-order valence-electron chi connectivity index (χ3n) is 6.17. The predicted octanol–water partition coefficient (Wildman–Crippen LogP) is 3.68. The summed E-state index contributed by atoms with van der Waals surface area (Å²) >= 11 is 0. The Kier molecular flexibility index (Phi) is 7.42. The van der Waals surface area contributed by atoms with Crippen LogP contribution in [0.4, 0.5) is 32.2 Å². The number of hydrogen-bond acceptors (Lipinski definition) is 8. The second-order valence-electron chi connectivity index (χ2n) is 8.77. The zero-order valence-electron chi connectivity index (χ0n) is 21.1. The molecule has 0 unspecified atom stereocenters. The molecule has 0 radical (unpaired) electrons. The third-order valence-corrected chi connectivity index (χ3v) is 6.17. The fourth-order valence-electron chi connectivity index (χ4n) is 4.15. The molecule has 210 valence electrons. The summed E-state index contributed by atoms with van der Waals surface area (Å²) in [6.45, 7) is 1.54. The van der Waals surface area contributed by atoms with E-state index in [0.717, 1.165) is 30.5 Å². The molecule has 0 saturated carbocycles. The molecule has 1 N–H and O–H groups in total. The van der Waals surface area contributed by atoms with E-state index in [2.05, 4.69) is 25.4 Å². The van der Waals surface area contributed by atoms with Crippen LogP contribution in [0.1, 0.15) is 28.7 Å². The van der Waals surface area contributed by atoms with Crippen molar-refractivity contribution in [3.63, 3.8) is 0 Å². The van der Waals surface area contributed by atoms with Crippen molar-refractivity contribution in [2.45, 2.75) is 38.3 Å². The molecule has 4 rings (SSSR count). The molecular formula is C23H23F6N7O3. The molecule has 16 heteroatoms. The van der Waals surface area contributed by atoms with Crippen molar-refractivity contribution < 1.29 is 40.6 Å². The second kappa shape index (κ2) is 10.3. The van der Waals surface area contributed by atoms with Crippen molar-refractivity contribution in [2.75, 3.05) is 25.5 Å². The first-order valence-corrected chi connectivity index (χ1v) is 11.4. The number of hydrogen-bond donors (Lipinski definition) is 1. The highest BCUT2D eigenvalue weighted by atomic mass is 19.4.